The number of benzene rings is 2. The fraction of sp³-hybridized carbons (Fsp3) is 0.158. The van der Waals surface area contributed by atoms with Crippen LogP contribution >= 0.6 is 22.9 Å². The zero-order chi connectivity index (χ0) is 18.4. The number of carbonyl (C=O) groups excluding carboxylic acids is 1. The van der Waals surface area contributed by atoms with Crippen LogP contribution < -0.4 is 14.2 Å². The number of carbonyl (C=O) groups is 1. The summed E-state index contributed by atoms with van der Waals surface area (Å²) in [6.45, 7) is 0.327. The van der Waals surface area contributed by atoms with Crippen molar-refractivity contribution in [2.75, 3.05) is 7.11 Å². The molecule has 0 saturated carbocycles. The Morgan fingerprint density at radius 2 is 1.85 bits per heavy atom. The van der Waals surface area contributed by atoms with Crippen molar-refractivity contribution in [1.29, 1.82) is 0 Å². The number of halogens is 1. The van der Waals surface area contributed by atoms with Gasteiger partial charge < -0.3 is 14.2 Å². The second kappa shape index (κ2) is 8.69. The lowest BCUT2D eigenvalue weighted by molar-refractivity contribution is -0.133. The van der Waals surface area contributed by atoms with Gasteiger partial charge in [0.2, 0.25) is 0 Å². The Labute approximate surface area is 160 Å². The van der Waals surface area contributed by atoms with Crippen LogP contribution in [0.5, 0.6) is 17.2 Å². The molecule has 0 atom stereocenters. The largest absolute Gasteiger partial charge is 0.493 e. The maximum Gasteiger partial charge on any atom is 0.317 e. The van der Waals surface area contributed by atoms with Gasteiger partial charge in [-0.2, -0.15) is 0 Å². The lowest BCUT2D eigenvalue weighted by Gasteiger charge is -2.07. The minimum Gasteiger partial charge on any atom is -0.493 e. The number of hydrogen-bond donors (Lipinski definition) is 0. The molecule has 0 aliphatic rings. The van der Waals surface area contributed by atoms with Gasteiger partial charge in [-0.25, -0.2) is 4.98 Å². The van der Waals surface area contributed by atoms with E-state index in [4.69, 9.17) is 25.8 Å². The second-order valence-electron chi connectivity index (χ2n) is 5.28. The second-order valence-corrected chi connectivity index (χ2v) is 6.66. The van der Waals surface area contributed by atoms with E-state index in [1.807, 2.05) is 11.4 Å². The first-order chi connectivity index (χ1) is 12.6. The highest BCUT2D eigenvalue weighted by Crippen LogP contribution is 2.26. The van der Waals surface area contributed by atoms with Gasteiger partial charge in [0.15, 0.2) is 11.5 Å². The lowest BCUT2D eigenvalue weighted by Crippen LogP contribution is -2.12. The molecule has 0 spiro atoms. The minimum atomic E-state index is -0.398. The fourth-order valence-corrected chi connectivity index (χ4v) is 3.01. The third kappa shape index (κ3) is 4.97. The summed E-state index contributed by atoms with van der Waals surface area (Å²) in [7, 11) is 1.53. The highest BCUT2D eigenvalue weighted by atomic mass is 35.5. The Kier molecular flexibility index (Phi) is 6.09. The van der Waals surface area contributed by atoms with E-state index in [-0.39, 0.29) is 6.42 Å². The van der Waals surface area contributed by atoms with Crippen molar-refractivity contribution in [3.8, 4) is 17.2 Å². The van der Waals surface area contributed by atoms with Crippen molar-refractivity contribution >= 4 is 28.9 Å². The van der Waals surface area contributed by atoms with E-state index in [2.05, 4.69) is 4.98 Å². The molecule has 26 heavy (non-hydrogen) atoms. The molecule has 0 N–H and O–H groups in total. The van der Waals surface area contributed by atoms with Gasteiger partial charge in [-0.05, 0) is 36.4 Å². The molecule has 0 saturated heterocycles. The first kappa shape index (κ1) is 18.2. The van der Waals surface area contributed by atoms with E-state index in [9.17, 15) is 4.79 Å². The number of methoxy groups -OCH3 is 1. The molecule has 0 aliphatic carbocycles. The van der Waals surface area contributed by atoms with E-state index in [0.29, 0.717) is 34.6 Å². The molecule has 2 aromatic carbocycles. The molecule has 1 aromatic heterocycles. The van der Waals surface area contributed by atoms with E-state index in [1.165, 1.54) is 18.4 Å². The smallest absolute Gasteiger partial charge is 0.317 e. The van der Waals surface area contributed by atoms with Gasteiger partial charge in [0, 0.05) is 10.4 Å². The molecule has 3 aromatic rings. The van der Waals surface area contributed by atoms with Gasteiger partial charge in [0.1, 0.15) is 17.4 Å². The monoisotopic (exact) mass is 389 g/mol. The summed E-state index contributed by atoms with van der Waals surface area (Å²) < 4.78 is 16.2. The van der Waals surface area contributed by atoms with Crippen molar-refractivity contribution in [2.45, 2.75) is 13.0 Å². The van der Waals surface area contributed by atoms with Crippen LogP contribution in [-0.2, 0) is 17.8 Å². The summed E-state index contributed by atoms with van der Waals surface area (Å²) >= 11 is 7.27. The number of ether oxygens (including phenoxy) is 3. The minimum absolute atomic E-state index is 0.0789. The lowest BCUT2D eigenvalue weighted by atomic mass is 10.3. The summed E-state index contributed by atoms with van der Waals surface area (Å²) in [4.78, 5) is 16.5. The highest BCUT2D eigenvalue weighted by molar-refractivity contribution is 7.09. The zero-order valence-electron chi connectivity index (χ0n) is 14.0. The van der Waals surface area contributed by atoms with Crippen LogP contribution in [0, 0.1) is 0 Å². The van der Waals surface area contributed by atoms with Gasteiger partial charge >= 0.3 is 5.97 Å². The number of esters is 1. The van der Waals surface area contributed by atoms with Crippen LogP contribution in [0.2, 0.25) is 5.02 Å². The van der Waals surface area contributed by atoms with E-state index >= 15 is 0 Å². The number of aromatic nitrogens is 1. The molecule has 0 amide bonds. The summed E-state index contributed by atoms with van der Waals surface area (Å²) in [5.74, 6) is 1.21. The predicted molar refractivity (Wildman–Crippen MR) is 100 cm³/mol. The van der Waals surface area contributed by atoms with Crippen LogP contribution in [0.4, 0.5) is 0 Å². The Morgan fingerprint density at radius 1 is 1.12 bits per heavy atom. The molecule has 0 aliphatic heterocycles. The number of rotatable bonds is 7. The molecule has 5 nitrogen and oxygen atoms in total. The zero-order valence-corrected chi connectivity index (χ0v) is 15.5. The first-order valence-electron chi connectivity index (χ1n) is 7.79. The Balaban J connectivity index is 1.54. The van der Waals surface area contributed by atoms with Gasteiger partial charge in [-0.15, -0.1) is 11.3 Å². The average Bonchev–Trinajstić information content (AvgIpc) is 3.09. The summed E-state index contributed by atoms with van der Waals surface area (Å²) in [5.41, 5.74) is 0.643. The van der Waals surface area contributed by atoms with Crippen LogP contribution in [0.1, 0.15) is 10.7 Å². The summed E-state index contributed by atoms with van der Waals surface area (Å²) in [6.07, 6.45) is 0.0789. The quantitative estimate of drug-likeness (QED) is 0.439. The number of nitrogens with zero attached hydrogens (tertiary/aromatic N) is 1. The molecule has 7 heteroatoms. The topological polar surface area (TPSA) is 57.7 Å². The van der Waals surface area contributed by atoms with Crippen molar-refractivity contribution in [2.24, 2.45) is 0 Å². The van der Waals surface area contributed by atoms with Crippen molar-refractivity contribution < 1.29 is 19.0 Å². The van der Waals surface area contributed by atoms with Gasteiger partial charge in [0.05, 0.1) is 19.2 Å². The van der Waals surface area contributed by atoms with Crippen molar-refractivity contribution in [3.05, 3.63) is 69.6 Å². The van der Waals surface area contributed by atoms with Gasteiger partial charge in [-0.1, -0.05) is 23.7 Å². The third-order valence-electron chi connectivity index (χ3n) is 3.39. The van der Waals surface area contributed by atoms with Crippen molar-refractivity contribution in [1.82, 2.24) is 4.98 Å². The molecule has 3 rings (SSSR count). The molecule has 0 bridgehead atoms. The van der Waals surface area contributed by atoms with Crippen LogP contribution in [0.3, 0.4) is 0 Å². The summed E-state index contributed by atoms with van der Waals surface area (Å²) in [5, 5.41) is 3.26. The summed E-state index contributed by atoms with van der Waals surface area (Å²) in [6, 6.07) is 14.1. The van der Waals surface area contributed by atoms with Crippen LogP contribution in [0.25, 0.3) is 0 Å². The number of thiazole rings is 1. The SMILES string of the molecule is COc1ccccc1OC(=O)Cc1csc(COc2ccc(Cl)cc2)n1. The van der Waals surface area contributed by atoms with Crippen molar-refractivity contribution in [3.63, 3.8) is 0 Å². The third-order valence-corrected chi connectivity index (χ3v) is 4.52. The highest BCUT2D eigenvalue weighted by Gasteiger charge is 2.13. The molecule has 1 heterocycles. The van der Waals surface area contributed by atoms with Gasteiger partial charge in [0.25, 0.3) is 0 Å². The predicted octanol–water partition coefficient (Wildman–Crippen LogP) is 4.53. The number of para-hydroxylation sites is 2. The average molecular weight is 390 g/mol. The molecule has 134 valence electrons. The molecular formula is C19H16ClNO4S. The maximum atomic E-state index is 12.1. The Bertz CT molecular complexity index is 879. The molecule has 0 fully saturated rings. The normalized spacial score (nSPS) is 10.4. The van der Waals surface area contributed by atoms with Crippen LogP contribution in [-0.4, -0.2) is 18.1 Å². The Hall–Kier alpha value is -2.57. The first-order valence-corrected chi connectivity index (χ1v) is 9.05. The molecular weight excluding hydrogens is 374 g/mol. The Morgan fingerprint density at radius 3 is 2.58 bits per heavy atom. The molecule has 0 unspecified atom stereocenters. The standard InChI is InChI=1S/C19H16ClNO4S/c1-23-16-4-2-3-5-17(16)25-19(22)10-14-12-26-18(21-14)11-24-15-8-6-13(20)7-9-15/h2-9,12H,10-11H2,1H3. The van der Waals surface area contributed by atoms with Crippen LogP contribution in [0.15, 0.2) is 53.9 Å². The van der Waals surface area contributed by atoms with E-state index < -0.39 is 5.97 Å². The van der Waals surface area contributed by atoms with E-state index in [1.54, 1.807) is 42.5 Å². The van der Waals surface area contributed by atoms with Gasteiger partial charge in [-0.3, -0.25) is 4.79 Å². The molecule has 0 radical (unpaired) electrons. The maximum absolute atomic E-state index is 12.1. The van der Waals surface area contributed by atoms with E-state index in [0.717, 1.165) is 5.01 Å². The number of hydrogen-bond acceptors (Lipinski definition) is 6. The fourth-order valence-electron chi connectivity index (χ4n) is 2.18.